The molecular weight excluding hydrogens is 975 g/mol. The van der Waals surface area contributed by atoms with Crippen molar-refractivity contribution in [3.63, 3.8) is 0 Å². The number of rotatable bonds is 19. The zero-order chi connectivity index (χ0) is 52.8. The molecule has 5 rings (SSSR count). The molecule has 26 heteroatoms. The quantitative estimate of drug-likeness (QED) is 0.0357. The SMILES string of the molecule is CCCCCC(=O)N[C@H](CCC(=O)N[C@H]1C(CO)OCC(NC(=O)Nc2cccc(C(F)(F)F)c2)C1O[C@@H]1OC(CO)[C@@H](O)C(O)C1NC(=O)Nc1cccc(C(F)(F)F)c1)C(=O)OC(=O)c1ccccc1. The van der Waals surface area contributed by atoms with Crippen LogP contribution in [0.5, 0.6) is 0 Å². The number of aliphatic hydroxyl groups is 4. The van der Waals surface area contributed by atoms with Gasteiger partial charge in [0.2, 0.25) is 11.8 Å². The number of urea groups is 2. The van der Waals surface area contributed by atoms with Gasteiger partial charge in [0.25, 0.3) is 0 Å². The molecule has 0 spiro atoms. The zero-order valence-electron chi connectivity index (χ0n) is 38.3. The van der Waals surface area contributed by atoms with Crippen molar-refractivity contribution < 1.29 is 94.5 Å². The second-order valence-corrected chi connectivity index (χ2v) is 16.6. The van der Waals surface area contributed by atoms with Crippen molar-refractivity contribution in [2.45, 2.75) is 119 Å². The smallest absolute Gasteiger partial charge is 0.394 e. The third-order valence-corrected chi connectivity index (χ3v) is 11.3. The first-order chi connectivity index (χ1) is 34.1. The van der Waals surface area contributed by atoms with Crippen LogP contribution in [0.15, 0.2) is 78.9 Å². The number of unbranched alkanes of at least 4 members (excludes halogenated alkanes) is 2. The molecular formula is C46H54F6N6O14. The molecule has 0 aliphatic carbocycles. The molecule has 3 aromatic carbocycles. The second kappa shape index (κ2) is 25.8. The third-order valence-electron chi connectivity index (χ3n) is 11.3. The van der Waals surface area contributed by atoms with E-state index in [0.29, 0.717) is 25.0 Å². The molecule has 10 N–H and O–H groups in total. The van der Waals surface area contributed by atoms with E-state index in [9.17, 15) is 75.5 Å². The Labute approximate surface area is 407 Å². The largest absolute Gasteiger partial charge is 0.416 e. The van der Waals surface area contributed by atoms with Gasteiger partial charge < -0.3 is 71.3 Å². The molecule has 10 atom stereocenters. The number of benzene rings is 3. The minimum Gasteiger partial charge on any atom is -0.394 e. The first-order valence-corrected chi connectivity index (χ1v) is 22.5. The normalized spacial score (nSPS) is 23.7. The Balaban J connectivity index is 1.44. The molecule has 20 nitrogen and oxygen atoms in total. The van der Waals surface area contributed by atoms with Crippen molar-refractivity contribution >= 4 is 47.2 Å². The summed E-state index contributed by atoms with van der Waals surface area (Å²) in [4.78, 5) is 79.8. The Hall–Kier alpha value is -6.42. The van der Waals surface area contributed by atoms with Crippen LogP contribution in [0.3, 0.4) is 0 Å². The van der Waals surface area contributed by atoms with E-state index in [2.05, 4.69) is 31.9 Å². The maximum absolute atomic E-state index is 13.9. The fourth-order valence-corrected chi connectivity index (χ4v) is 7.62. The van der Waals surface area contributed by atoms with E-state index < -0.39 is 153 Å². The zero-order valence-corrected chi connectivity index (χ0v) is 38.3. The summed E-state index contributed by atoms with van der Waals surface area (Å²) < 4.78 is 104. The summed E-state index contributed by atoms with van der Waals surface area (Å²) in [5.74, 6) is -3.81. The number of carbonyl (C=O) groups excluding carboxylic acids is 6. The highest BCUT2D eigenvalue weighted by Gasteiger charge is 2.50. The van der Waals surface area contributed by atoms with E-state index in [1.54, 1.807) is 6.07 Å². The van der Waals surface area contributed by atoms with Crippen LogP contribution in [0, 0.1) is 0 Å². The highest BCUT2D eigenvalue weighted by molar-refractivity contribution is 5.99. The Morgan fingerprint density at radius 2 is 1.31 bits per heavy atom. The molecule has 394 valence electrons. The molecule has 2 saturated heterocycles. The predicted molar refractivity (Wildman–Crippen MR) is 238 cm³/mol. The lowest BCUT2D eigenvalue weighted by Crippen LogP contribution is -2.70. The molecule has 2 fully saturated rings. The number of alkyl halides is 6. The van der Waals surface area contributed by atoms with Gasteiger partial charge in [0.15, 0.2) is 6.29 Å². The van der Waals surface area contributed by atoms with Crippen LogP contribution in [-0.4, -0.2) is 137 Å². The van der Waals surface area contributed by atoms with Crippen LogP contribution in [-0.2, 0) is 45.7 Å². The average Bonchev–Trinajstić information content (AvgIpc) is 3.33. The van der Waals surface area contributed by atoms with Gasteiger partial charge in [0.05, 0.1) is 48.6 Å². The van der Waals surface area contributed by atoms with E-state index in [-0.39, 0.29) is 23.4 Å². The fourth-order valence-electron chi connectivity index (χ4n) is 7.62. The molecule has 2 heterocycles. The fraction of sp³-hybridized carbons (Fsp3) is 0.478. The van der Waals surface area contributed by atoms with Crippen molar-refractivity contribution in [3.05, 3.63) is 95.6 Å². The lowest BCUT2D eigenvalue weighted by molar-refractivity contribution is -0.293. The molecule has 2 aliphatic heterocycles. The van der Waals surface area contributed by atoms with Gasteiger partial charge in [-0.3, -0.25) is 9.59 Å². The summed E-state index contributed by atoms with van der Waals surface area (Å²) in [6, 6.07) is 5.35. The Morgan fingerprint density at radius 3 is 1.88 bits per heavy atom. The topological polar surface area (TPSA) is 292 Å². The lowest BCUT2D eigenvalue weighted by Gasteiger charge is -2.47. The van der Waals surface area contributed by atoms with Gasteiger partial charge >= 0.3 is 36.4 Å². The minimum absolute atomic E-state index is 0.00439. The van der Waals surface area contributed by atoms with Crippen molar-refractivity contribution in [2.75, 3.05) is 30.5 Å². The molecule has 6 unspecified atom stereocenters. The summed E-state index contributed by atoms with van der Waals surface area (Å²) in [5.41, 5.74) is -2.95. The second-order valence-electron chi connectivity index (χ2n) is 16.6. The summed E-state index contributed by atoms with van der Waals surface area (Å²) in [5, 5.41) is 56.8. The Kier molecular flexibility index (Phi) is 20.2. The number of aliphatic hydroxyl groups excluding tert-OH is 4. The summed E-state index contributed by atoms with van der Waals surface area (Å²) >= 11 is 0. The number of amides is 6. The Morgan fingerprint density at radius 1 is 0.708 bits per heavy atom. The van der Waals surface area contributed by atoms with Crippen LogP contribution in [0.4, 0.5) is 47.3 Å². The lowest BCUT2D eigenvalue weighted by atomic mass is 9.93. The number of nitrogens with one attached hydrogen (secondary N) is 6. The highest BCUT2D eigenvalue weighted by atomic mass is 19.4. The van der Waals surface area contributed by atoms with Crippen LogP contribution in [0.2, 0.25) is 0 Å². The molecule has 3 aromatic rings. The number of esters is 2. The summed E-state index contributed by atoms with van der Waals surface area (Å²) in [6.07, 6.45) is -19.7. The van der Waals surface area contributed by atoms with Crippen molar-refractivity contribution in [3.8, 4) is 0 Å². The monoisotopic (exact) mass is 1030 g/mol. The molecule has 72 heavy (non-hydrogen) atoms. The van der Waals surface area contributed by atoms with Crippen LogP contribution < -0.4 is 31.9 Å². The first-order valence-electron chi connectivity index (χ1n) is 22.5. The molecule has 0 saturated carbocycles. The highest BCUT2D eigenvalue weighted by Crippen LogP contribution is 2.33. The van der Waals surface area contributed by atoms with E-state index >= 15 is 0 Å². The maximum Gasteiger partial charge on any atom is 0.416 e. The van der Waals surface area contributed by atoms with Crippen molar-refractivity contribution in [2.24, 2.45) is 0 Å². The van der Waals surface area contributed by atoms with Crippen molar-refractivity contribution in [1.82, 2.24) is 21.3 Å². The summed E-state index contributed by atoms with van der Waals surface area (Å²) in [6.45, 7) is -0.546. The van der Waals surface area contributed by atoms with Gasteiger partial charge in [0.1, 0.15) is 42.6 Å². The maximum atomic E-state index is 13.9. The number of anilines is 2. The van der Waals surface area contributed by atoms with Crippen LogP contribution in [0.1, 0.15) is 66.9 Å². The predicted octanol–water partition coefficient (Wildman–Crippen LogP) is 3.33. The van der Waals surface area contributed by atoms with Gasteiger partial charge in [-0.1, -0.05) is 50.1 Å². The minimum atomic E-state index is -4.80. The molecule has 6 amide bonds. The average molecular weight is 1030 g/mol. The molecule has 0 bridgehead atoms. The summed E-state index contributed by atoms with van der Waals surface area (Å²) in [7, 11) is 0. The van der Waals surface area contributed by atoms with E-state index in [4.69, 9.17) is 18.9 Å². The number of ether oxygens (including phenoxy) is 4. The van der Waals surface area contributed by atoms with Gasteiger partial charge in [-0.25, -0.2) is 19.2 Å². The molecule has 0 radical (unpaired) electrons. The Bertz CT molecular complexity index is 2330. The van der Waals surface area contributed by atoms with Gasteiger partial charge in [-0.05, 0) is 61.4 Å². The standard InChI is InChI=1S/C46H54F6N6O14/c1-2-3-5-16-33(61)55-29(41(66)72-40(65)24-10-6-4-7-11-24)17-18-34(62)57-35-31(21-59)69-23-30(56-43(67)53-27-14-8-12-25(19-27)45(47,48)49)39(35)71-42-36(38(64)37(63)32(22-60)70-42)58-44(68)54-28-15-9-13-26(20-28)46(50,51)52/h4,6-15,19-20,29-32,35-39,42,59-60,63-64H,2-3,5,16-18,21-23H2,1H3,(H,55,61)(H,57,62)(H2,53,56,67)(H2,54,58,68)/t29-,30?,31?,32?,35+,36?,37-,38?,39?,42+/m1/s1. The van der Waals surface area contributed by atoms with E-state index in [1.807, 2.05) is 6.92 Å². The number of carbonyl (C=O) groups is 6. The van der Waals surface area contributed by atoms with Crippen LogP contribution in [0.25, 0.3) is 0 Å². The van der Waals surface area contributed by atoms with Crippen LogP contribution >= 0.6 is 0 Å². The van der Waals surface area contributed by atoms with Gasteiger partial charge in [0, 0.05) is 24.2 Å². The third kappa shape index (κ3) is 16.0. The van der Waals surface area contributed by atoms with Crippen molar-refractivity contribution in [1.29, 1.82) is 0 Å². The van der Waals surface area contributed by atoms with E-state index in [1.165, 1.54) is 24.3 Å². The van der Waals surface area contributed by atoms with Gasteiger partial charge in [-0.15, -0.1) is 0 Å². The number of hydrogen-bond acceptors (Lipinski definition) is 14. The molecule has 2 aliphatic rings. The number of halogens is 6. The number of hydrogen-bond donors (Lipinski definition) is 10. The first kappa shape index (κ1) is 56.5. The van der Waals surface area contributed by atoms with E-state index in [0.717, 1.165) is 42.8 Å². The molecule has 0 aromatic heterocycles. The van der Waals surface area contributed by atoms with Gasteiger partial charge in [-0.2, -0.15) is 26.3 Å².